The maximum atomic E-state index is 10.8. The van der Waals surface area contributed by atoms with Crippen LogP contribution in [0.4, 0.5) is 5.69 Å². The summed E-state index contributed by atoms with van der Waals surface area (Å²) in [5.74, 6) is 0. The summed E-state index contributed by atoms with van der Waals surface area (Å²) in [6.07, 6.45) is 0. The van der Waals surface area contributed by atoms with E-state index in [0.717, 1.165) is 5.56 Å². The number of benzene rings is 1. The maximum Gasteiger partial charge on any atom is 0.269 e. The molecule has 112 valence electrons. The van der Waals surface area contributed by atoms with E-state index >= 15 is 0 Å². The largest absolute Gasteiger partial charge is 0.383 e. The quantitative estimate of drug-likeness (QED) is 0.517. The fraction of sp³-hybridized carbons (Fsp3) is 0.538. The molecule has 7 heteroatoms. The standard InChI is InChI=1S/C13H19ClN2O4/c1-19-7-5-15(6-8-20-2)10-11-9-12(16(17)18)3-4-13(11)14/h3-4,9H,5-8,10H2,1-2H3. The van der Waals surface area contributed by atoms with Crippen LogP contribution >= 0.6 is 11.6 Å². The van der Waals surface area contributed by atoms with Gasteiger partial charge in [-0.2, -0.15) is 0 Å². The molecule has 1 aromatic carbocycles. The fourth-order valence-electron chi connectivity index (χ4n) is 1.75. The number of nitro benzene ring substituents is 1. The Kier molecular flexibility index (Phi) is 7.46. The van der Waals surface area contributed by atoms with Crippen molar-refractivity contribution in [2.75, 3.05) is 40.5 Å². The molecule has 0 fully saturated rings. The molecule has 0 saturated heterocycles. The maximum absolute atomic E-state index is 10.8. The van der Waals surface area contributed by atoms with Crippen molar-refractivity contribution in [1.29, 1.82) is 0 Å². The molecule has 6 nitrogen and oxygen atoms in total. The van der Waals surface area contributed by atoms with Crippen molar-refractivity contribution in [2.24, 2.45) is 0 Å². The lowest BCUT2D eigenvalue weighted by molar-refractivity contribution is -0.384. The van der Waals surface area contributed by atoms with Gasteiger partial charge in [0, 0.05) is 51.0 Å². The average Bonchev–Trinajstić information content (AvgIpc) is 2.43. The van der Waals surface area contributed by atoms with Crippen LogP contribution in [0, 0.1) is 10.1 Å². The van der Waals surface area contributed by atoms with Crippen LogP contribution in [-0.2, 0) is 16.0 Å². The smallest absolute Gasteiger partial charge is 0.269 e. The number of methoxy groups -OCH3 is 2. The molecule has 1 aromatic rings. The zero-order chi connectivity index (χ0) is 15.0. The fourth-order valence-corrected chi connectivity index (χ4v) is 1.92. The molecule has 0 unspecified atom stereocenters. The second kappa shape index (κ2) is 8.86. The van der Waals surface area contributed by atoms with Gasteiger partial charge in [-0.3, -0.25) is 15.0 Å². The lowest BCUT2D eigenvalue weighted by Crippen LogP contribution is -2.30. The molecule has 0 spiro atoms. The molecular formula is C13H19ClN2O4. The van der Waals surface area contributed by atoms with E-state index < -0.39 is 4.92 Å². The molecule has 0 heterocycles. The third-order valence-electron chi connectivity index (χ3n) is 2.86. The van der Waals surface area contributed by atoms with Gasteiger partial charge in [0.05, 0.1) is 18.1 Å². The van der Waals surface area contributed by atoms with Gasteiger partial charge in [-0.1, -0.05) is 11.6 Å². The number of rotatable bonds is 9. The van der Waals surface area contributed by atoms with Gasteiger partial charge in [-0.25, -0.2) is 0 Å². The molecule has 0 atom stereocenters. The monoisotopic (exact) mass is 302 g/mol. The Morgan fingerprint density at radius 1 is 1.25 bits per heavy atom. The number of hydrogen-bond acceptors (Lipinski definition) is 5. The molecular weight excluding hydrogens is 284 g/mol. The van der Waals surface area contributed by atoms with Crippen molar-refractivity contribution in [1.82, 2.24) is 4.90 Å². The summed E-state index contributed by atoms with van der Waals surface area (Å²) >= 11 is 6.10. The average molecular weight is 303 g/mol. The van der Waals surface area contributed by atoms with Crippen molar-refractivity contribution in [3.63, 3.8) is 0 Å². The van der Waals surface area contributed by atoms with Gasteiger partial charge in [0.25, 0.3) is 5.69 Å². The first-order valence-corrected chi connectivity index (χ1v) is 6.59. The molecule has 0 N–H and O–H groups in total. The molecule has 0 aromatic heterocycles. The number of nitro groups is 1. The van der Waals surface area contributed by atoms with Crippen LogP contribution < -0.4 is 0 Å². The summed E-state index contributed by atoms with van der Waals surface area (Å²) < 4.78 is 10.1. The van der Waals surface area contributed by atoms with Crippen LogP contribution in [0.15, 0.2) is 18.2 Å². The molecule has 0 bridgehead atoms. The molecule has 0 saturated carbocycles. The highest BCUT2D eigenvalue weighted by Gasteiger charge is 2.13. The van der Waals surface area contributed by atoms with E-state index in [4.69, 9.17) is 21.1 Å². The molecule has 20 heavy (non-hydrogen) atoms. The molecule has 0 aliphatic carbocycles. The van der Waals surface area contributed by atoms with Crippen molar-refractivity contribution >= 4 is 17.3 Å². The van der Waals surface area contributed by atoms with Crippen molar-refractivity contribution < 1.29 is 14.4 Å². The van der Waals surface area contributed by atoms with Crippen molar-refractivity contribution in [2.45, 2.75) is 6.54 Å². The first kappa shape index (κ1) is 16.8. The summed E-state index contributed by atoms with van der Waals surface area (Å²) in [5, 5.41) is 11.3. The van der Waals surface area contributed by atoms with Gasteiger partial charge in [-0.05, 0) is 11.6 Å². The van der Waals surface area contributed by atoms with E-state index in [2.05, 4.69) is 4.90 Å². The van der Waals surface area contributed by atoms with E-state index in [0.29, 0.717) is 37.9 Å². The van der Waals surface area contributed by atoms with Crippen LogP contribution in [0.2, 0.25) is 5.02 Å². The first-order valence-electron chi connectivity index (χ1n) is 6.21. The highest BCUT2D eigenvalue weighted by molar-refractivity contribution is 6.31. The van der Waals surface area contributed by atoms with E-state index in [1.54, 1.807) is 20.3 Å². The van der Waals surface area contributed by atoms with E-state index in [1.807, 2.05) is 0 Å². The van der Waals surface area contributed by atoms with Crippen molar-refractivity contribution in [3.05, 3.63) is 38.9 Å². The number of ether oxygens (including phenoxy) is 2. The normalized spacial score (nSPS) is 11.0. The third kappa shape index (κ3) is 5.42. The zero-order valence-corrected chi connectivity index (χ0v) is 12.4. The second-order valence-electron chi connectivity index (χ2n) is 4.29. The minimum atomic E-state index is -0.422. The van der Waals surface area contributed by atoms with Crippen LogP contribution in [0.25, 0.3) is 0 Å². The van der Waals surface area contributed by atoms with Gasteiger partial charge in [0.1, 0.15) is 0 Å². The number of nitrogens with zero attached hydrogens (tertiary/aromatic N) is 2. The Balaban J connectivity index is 2.79. The van der Waals surface area contributed by atoms with E-state index in [1.165, 1.54) is 12.1 Å². The topological polar surface area (TPSA) is 64.8 Å². The Labute approximate surface area is 123 Å². The summed E-state index contributed by atoms with van der Waals surface area (Å²) in [6.45, 7) is 3.09. The lowest BCUT2D eigenvalue weighted by atomic mass is 10.2. The lowest BCUT2D eigenvalue weighted by Gasteiger charge is -2.22. The van der Waals surface area contributed by atoms with Crippen LogP contribution in [-0.4, -0.2) is 50.3 Å². The second-order valence-corrected chi connectivity index (χ2v) is 4.70. The summed E-state index contributed by atoms with van der Waals surface area (Å²) in [6, 6.07) is 4.47. The molecule has 1 rings (SSSR count). The third-order valence-corrected chi connectivity index (χ3v) is 3.23. The van der Waals surface area contributed by atoms with Gasteiger partial charge >= 0.3 is 0 Å². The van der Waals surface area contributed by atoms with Gasteiger partial charge in [-0.15, -0.1) is 0 Å². The van der Waals surface area contributed by atoms with Gasteiger partial charge in [0.2, 0.25) is 0 Å². The SMILES string of the molecule is COCCN(CCOC)Cc1cc([N+](=O)[O-])ccc1Cl. The minimum Gasteiger partial charge on any atom is -0.383 e. The van der Waals surface area contributed by atoms with E-state index in [-0.39, 0.29) is 5.69 Å². The van der Waals surface area contributed by atoms with Gasteiger partial charge < -0.3 is 9.47 Å². The number of non-ortho nitro benzene ring substituents is 1. The summed E-state index contributed by atoms with van der Waals surface area (Å²) in [7, 11) is 3.27. The molecule has 0 aliphatic rings. The molecule has 0 amide bonds. The number of halogens is 1. The zero-order valence-electron chi connectivity index (χ0n) is 11.7. The van der Waals surface area contributed by atoms with Crippen molar-refractivity contribution in [3.8, 4) is 0 Å². The highest BCUT2D eigenvalue weighted by atomic mass is 35.5. The predicted molar refractivity (Wildman–Crippen MR) is 77.1 cm³/mol. The Morgan fingerprint density at radius 3 is 2.35 bits per heavy atom. The van der Waals surface area contributed by atoms with Crippen LogP contribution in [0.5, 0.6) is 0 Å². The van der Waals surface area contributed by atoms with Crippen LogP contribution in [0.3, 0.4) is 0 Å². The molecule has 0 aliphatic heterocycles. The predicted octanol–water partition coefficient (Wildman–Crippen LogP) is 2.34. The minimum absolute atomic E-state index is 0.0443. The molecule has 0 radical (unpaired) electrons. The first-order chi connectivity index (χ1) is 9.58. The van der Waals surface area contributed by atoms with Crippen LogP contribution in [0.1, 0.15) is 5.56 Å². The Morgan fingerprint density at radius 2 is 1.85 bits per heavy atom. The Bertz CT molecular complexity index is 434. The van der Waals surface area contributed by atoms with E-state index in [9.17, 15) is 10.1 Å². The highest BCUT2D eigenvalue weighted by Crippen LogP contribution is 2.23. The summed E-state index contributed by atoms with van der Waals surface area (Å²) in [4.78, 5) is 12.5. The summed E-state index contributed by atoms with van der Waals surface area (Å²) in [5.41, 5.74) is 0.774. The number of hydrogen-bond donors (Lipinski definition) is 0. The Hall–Kier alpha value is -1.21. The van der Waals surface area contributed by atoms with Gasteiger partial charge in [0.15, 0.2) is 0 Å².